The van der Waals surface area contributed by atoms with Crippen LogP contribution in [0.1, 0.15) is 21.6 Å². The van der Waals surface area contributed by atoms with E-state index in [0.29, 0.717) is 19.7 Å². The Morgan fingerprint density at radius 3 is 2.52 bits per heavy atom. The van der Waals surface area contributed by atoms with Crippen LogP contribution in [0.2, 0.25) is 0 Å². The van der Waals surface area contributed by atoms with E-state index < -0.39 is 0 Å². The molecule has 4 rings (SSSR count). The van der Waals surface area contributed by atoms with Crippen LogP contribution in [0.4, 0.5) is 0 Å². The largest absolute Gasteiger partial charge is 0.370 e. The highest BCUT2D eigenvalue weighted by Crippen LogP contribution is 2.15. The molecule has 0 radical (unpaired) electrons. The SMILES string of the molecule is O=C1CN(C(=O)c2cnccn2)CC(OCc2cccnc2)CN1Cc1ccccc1. The van der Waals surface area contributed by atoms with Crippen LogP contribution in [0.25, 0.3) is 0 Å². The molecule has 2 amide bonds. The number of benzene rings is 1. The second-order valence-corrected chi connectivity index (χ2v) is 7.33. The molecule has 3 aromatic rings. The van der Waals surface area contributed by atoms with Gasteiger partial charge in [0.25, 0.3) is 5.91 Å². The summed E-state index contributed by atoms with van der Waals surface area (Å²) in [6.45, 7) is 1.44. The summed E-state index contributed by atoms with van der Waals surface area (Å²) in [6.07, 6.45) is 7.47. The molecule has 1 aliphatic rings. The van der Waals surface area contributed by atoms with Gasteiger partial charge >= 0.3 is 0 Å². The van der Waals surface area contributed by atoms with Gasteiger partial charge in [0.05, 0.1) is 18.9 Å². The summed E-state index contributed by atoms with van der Waals surface area (Å²) in [5.74, 6) is -0.466. The van der Waals surface area contributed by atoms with Crippen LogP contribution in [-0.4, -0.2) is 62.3 Å². The third-order valence-corrected chi connectivity index (χ3v) is 5.02. The maximum Gasteiger partial charge on any atom is 0.274 e. The van der Waals surface area contributed by atoms with Crippen LogP contribution in [0.5, 0.6) is 0 Å². The zero-order valence-electron chi connectivity index (χ0n) is 17.0. The summed E-state index contributed by atoms with van der Waals surface area (Å²) in [5.41, 5.74) is 2.16. The van der Waals surface area contributed by atoms with Crippen LogP contribution in [-0.2, 0) is 22.7 Å². The van der Waals surface area contributed by atoms with E-state index in [-0.39, 0.29) is 36.7 Å². The Kier molecular flexibility index (Phi) is 6.59. The smallest absolute Gasteiger partial charge is 0.274 e. The first-order chi connectivity index (χ1) is 15.2. The molecular weight excluding hydrogens is 394 g/mol. The van der Waals surface area contributed by atoms with Crippen molar-refractivity contribution in [2.24, 2.45) is 0 Å². The number of hydrogen-bond acceptors (Lipinski definition) is 6. The van der Waals surface area contributed by atoms with Crippen LogP contribution >= 0.6 is 0 Å². The fourth-order valence-electron chi connectivity index (χ4n) is 3.46. The van der Waals surface area contributed by atoms with Crippen molar-refractivity contribution in [3.05, 3.63) is 90.3 Å². The molecule has 1 atom stereocenters. The molecule has 158 valence electrons. The van der Waals surface area contributed by atoms with Crippen LogP contribution in [0.15, 0.2) is 73.4 Å². The van der Waals surface area contributed by atoms with Crippen LogP contribution in [0.3, 0.4) is 0 Å². The van der Waals surface area contributed by atoms with Crippen LogP contribution < -0.4 is 0 Å². The molecule has 0 bridgehead atoms. The number of nitrogens with zero attached hydrogens (tertiary/aromatic N) is 5. The monoisotopic (exact) mass is 417 g/mol. The quantitative estimate of drug-likeness (QED) is 0.609. The van der Waals surface area contributed by atoms with Crippen molar-refractivity contribution in [1.82, 2.24) is 24.8 Å². The van der Waals surface area contributed by atoms with Gasteiger partial charge in [0.15, 0.2) is 0 Å². The highest BCUT2D eigenvalue weighted by molar-refractivity contribution is 5.95. The molecule has 0 aliphatic carbocycles. The van der Waals surface area contributed by atoms with Crippen molar-refractivity contribution >= 4 is 11.8 Å². The van der Waals surface area contributed by atoms with Crippen molar-refractivity contribution in [2.45, 2.75) is 19.3 Å². The third-order valence-electron chi connectivity index (χ3n) is 5.02. The molecule has 8 nitrogen and oxygen atoms in total. The lowest BCUT2D eigenvalue weighted by molar-refractivity contribution is -0.132. The molecule has 2 aromatic heterocycles. The van der Waals surface area contributed by atoms with Crippen molar-refractivity contribution in [2.75, 3.05) is 19.6 Å². The van der Waals surface area contributed by atoms with Crippen molar-refractivity contribution < 1.29 is 14.3 Å². The van der Waals surface area contributed by atoms with E-state index in [9.17, 15) is 9.59 Å². The summed E-state index contributed by atoms with van der Waals surface area (Å²) in [5, 5.41) is 0. The second-order valence-electron chi connectivity index (χ2n) is 7.33. The molecule has 1 fully saturated rings. The average Bonchev–Trinajstić information content (AvgIpc) is 2.98. The summed E-state index contributed by atoms with van der Waals surface area (Å²) < 4.78 is 6.12. The van der Waals surface area contributed by atoms with Crippen molar-refractivity contribution in [3.8, 4) is 0 Å². The van der Waals surface area contributed by atoms with E-state index in [4.69, 9.17) is 4.74 Å². The van der Waals surface area contributed by atoms with Gasteiger partial charge < -0.3 is 14.5 Å². The van der Waals surface area contributed by atoms with Crippen LogP contribution in [0, 0.1) is 0 Å². The van der Waals surface area contributed by atoms with E-state index >= 15 is 0 Å². The first kappa shape index (κ1) is 20.6. The highest BCUT2D eigenvalue weighted by atomic mass is 16.5. The Balaban J connectivity index is 1.53. The predicted octanol–water partition coefficient (Wildman–Crippen LogP) is 1.94. The first-order valence-electron chi connectivity index (χ1n) is 10.1. The van der Waals surface area contributed by atoms with Gasteiger partial charge in [-0.25, -0.2) is 4.98 Å². The lowest BCUT2D eigenvalue weighted by Gasteiger charge is -2.25. The fourth-order valence-corrected chi connectivity index (χ4v) is 3.46. The minimum atomic E-state index is -0.351. The molecule has 31 heavy (non-hydrogen) atoms. The molecule has 8 heteroatoms. The normalized spacial score (nSPS) is 16.8. The third kappa shape index (κ3) is 5.49. The van der Waals surface area contributed by atoms with Gasteiger partial charge in [-0.05, 0) is 17.2 Å². The van der Waals surface area contributed by atoms with Crippen molar-refractivity contribution in [1.29, 1.82) is 0 Å². The van der Waals surface area contributed by atoms with E-state index in [1.165, 1.54) is 23.5 Å². The number of pyridine rings is 1. The fraction of sp³-hybridized carbons (Fsp3) is 0.261. The number of amides is 2. The zero-order chi connectivity index (χ0) is 21.5. The number of carbonyl (C=O) groups excluding carboxylic acids is 2. The molecule has 1 saturated heterocycles. The summed E-state index contributed by atoms with van der Waals surface area (Å²) in [7, 11) is 0. The lowest BCUT2D eigenvalue weighted by Crippen LogP contribution is -2.40. The maximum atomic E-state index is 13.0. The minimum absolute atomic E-state index is 0.0327. The predicted molar refractivity (Wildman–Crippen MR) is 113 cm³/mol. The minimum Gasteiger partial charge on any atom is -0.370 e. The molecular formula is C23H23N5O3. The number of ether oxygens (including phenoxy) is 1. The topological polar surface area (TPSA) is 88.5 Å². The van der Waals surface area contributed by atoms with E-state index in [2.05, 4.69) is 15.0 Å². The molecule has 1 aromatic carbocycles. The highest BCUT2D eigenvalue weighted by Gasteiger charge is 2.32. The van der Waals surface area contributed by atoms with Gasteiger partial charge in [-0.3, -0.25) is 19.6 Å². The van der Waals surface area contributed by atoms with E-state index in [1.54, 1.807) is 17.3 Å². The summed E-state index contributed by atoms with van der Waals surface area (Å²) in [4.78, 5) is 41.4. The molecule has 1 aliphatic heterocycles. The Labute approximate surface area is 180 Å². The average molecular weight is 417 g/mol. The molecule has 0 N–H and O–H groups in total. The molecule has 0 saturated carbocycles. The standard InChI is InChI=1S/C23H23N5O3/c29-22-16-28(23(30)21-12-25-9-10-26-21)15-20(31-17-19-7-4-8-24-11-19)14-27(22)13-18-5-2-1-3-6-18/h1-12,20H,13-17H2. The molecule has 0 spiro atoms. The number of carbonyl (C=O) groups is 2. The lowest BCUT2D eigenvalue weighted by atomic mass is 10.2. The Hall–Kier alpha value is -3.65. The Morgan fingerprint density at radius 1 is 0.968 bits per heavy atom. The molecule has 3 heterocycles. The van der Waals surface area contributed by atoms with Gasteiger partial charge in [0.1, 0.15) is 12.2 Å². The van der Waals surface area contributed by atoms with Gasteiger partial charge in [-0.2, -0.15) is 0 Å². The number of rotatable bonds is 6. The maximum absolute atomic E-state index is 13.0. The first-order valence-corrected chi connectivity index (χ1v) is 10.1. The van der Waals surface area contributed by atoms with Gasteiger partial charge in [-0.15, -0.1) is 0 Å². The number of aromatic nitrogens is 3. The van der Waals surface area contributed by atoms with Crippen molar-refractivity contribution in [3.63, 3.8) is 0 Å². The van der Waals surface area contributed by atoms with E-state index in [1.807, 2.05) is 42.5 Å². The Bertz CT molecular complexity index is 1000. The van der Waals surface area contributed by atoms with Gasteiger partial charge in [0, 0.05) is 44.4 Å². The zero-order valence-corrected chi connectivity index (χ0v) is 17.0. The second kappa shape index (κ2) is 9.90. The van der Waals surface area contributed by atoms with E-state index in [0.717, 1.165) is 11.1 Å². The molecule has 1 unspecified atom stereocenters. The summed E-state index contributed by atoms with van der Waals surface area (Å²) >= 11 is 0. The van der Waals surface area contributed by atoms with Gasteiger partial charge in [0.2, 0.25) is 5.91 Å². The Morgan fingerprint density at radius 2 is 1.77 bits per heavy atom. The van der Waals surface area contributed by atoms with Gasteiger partial charge in [-0.1, -0.05) is 36.4 Å². The summed E-state index contributed by atoms with van der Waals surface area (Å²) in [6, 6.07) is 13.6. The number of hydrogen-bond donors (Lipinski definition) is 0.